The number of hydrogen-bond donors (Lipinski definition) is 2. The second-order valence-electron chi connectivity index (χ2n) is 3.98. The lowest BCUT2D eigenvalue weighted by Gasteiger charge is -2.07. The largest absolute Gasteiger partial charge is 0.462 e. The van der Waals surface area contributed by atoms with Crippen molar-refractivity contribution in [3.8, 4) is 0 Å². The van der Waals surface area contributed by atoms with Crippen LogP contribution >= 0.6 is 0 Å². The van der Waals surface area contributed by atoms with Crippen molar-refractivity contribution in [2.24, 2.45) is 11.7 Å². The van der Waals surface area contributed by atoms with Crippen molar-refractivity contribution >= 4 is 11.8 Å². The van der Waals surface area contributed by atoms with Gasteiger partial charge in [0, 0.05) is 5.56 Å². The summed E-state index contributed by atoms with van der Waals surface area (Å²) >= 11 is 0. The van der Waals surface area contributed by atoms with Crippen LogP contribution in [0.1, 0.15) is 29.8 Å². The van der Waals surface area contributed by atoms with E-state index in [-0.39, 0.29) is 11.8 Å². The number of ether oxygens (including phenoxy) is 1. The smallest absolute Gasteiger partial charge is 0.338 e. The molecule has 0 aliphatic rings. The molecule has 0 fully saturated rings. The van der Waals surface area contributed by atoms with Crippen molar-refractivity contribution in [3.05, 3.63) is 35.4 Å². The molecule has 3 N–H and O–H groups in total. The number of rotatable bonds is 4. The number of benzene rings is 1. The standard InChI is InChI=1S/C12H16N2O2/c1-8(2)7-16-12(15)10-5-3-9(4-6-10)11(13)14/h3-6,8H,7H2,1-2H3,(H3,13,14). The Morgan fingerprint density at radius 3 is 2.25 bits per heavy atom. The van der Waals surface area contributed by atoms with Gasteiger partial charge in [-0.05, 0) is 18.1 Å². The summed E-state index contributed by atoms with van der Waals surface area (Å²) in [5.41, 5.74) is 6.38. The average Bonchev–Trinajstić information content (AvgIpc) is 2.26. The number of nitrogens with one attached hydrogen (secondary N) is 1. The normalized spacial score (nSPS) is 10.2. The van der Waals surface area contributed by atoms with Gasteiger partial charge in [-0.1, -0.05) is 26.0 Å². The van der Waals surface area contributed by atoms with Crippen LogP contribution in [0.5, 0.6) is 0 Å². The number of carbonyl (C=O) groups excluding carboxylic acids is 1. The first kappa shape index (κ1) is 12.2. The van der Waals surface area contributed by atoms with Gasteiger partial charge in [0.1, 0.15) is 5.84 Å². The first-order valence-electron chi connectivity index (χ1n) is 5.12. The van der Waals surface area contributed by atoms with Crippen LogP contribution in [-0.2, 0) is 4.74 Å². The van der Waals surface area contributed by atoms with Crippen LogP contribution in [0.15, 0.2) is 24.3 Å². The number of nitrogens with two attached hydrogens (primary N) is 1. The Bertz CT molecular complexity index is 383. The summed E-state index contributed by atoms with van der Waals surface area (Å²) in [6.07, 6.45) is 0. The molecule has 1 aromatic carbocycles. The van der Waals surface area contributed by atoms with E-state index in [0.717, 1.165) is 0 Å². The van der Waals surface area contributed by atoms with Gasteiger partial charge in [-0.2, -0.15) is 0 Å². The Hall–Kier alpha value is -1.84. The van der Waals surface area contributed by atoms with Gasteiger partial charge >= 0.3 is 5.97 Å². The van der Waals surface area contributed by atoms with Crippen molar-refractivity contribution in [2.45, 2.75) is 13.8 Å². The third-order valence-electron chi connectivity index (χ3n) is 1.98. The minimum atomic E-state index is -0.344. The molecule has 0 atom stereocenters. The van der Waals surface area contributed by atoms with Crippen LogP contribution in [0.25, 0.3) is 0 Å². The highest BCUT2D eigenvalue weighted by atomic mass is 16.5. The maximum atomic E-state index is 11.5. The molecule has 0 aliphatic heterocycles. The Labute approximate surface area is 94.9 Å². The summed E-state index contributed by atoms with van der Waals surface area (Å²) in [7, 11) is 0. The molecule has 1 aromatic rings. The van der Waals surface area contributed by atoms with Crippen LogP contribution in [0.2, 0.25) is 0 Å². The van der Waals surface area contributed by atoms with Gasteiger partial charge in [-0.15, -0.1) is 0 Å². The molecule has 0 saturated carbocycles. The molecule has 0 heterocycles. The van der Waals surface area contributed by atoms with Crippen LogP contribution in [0.3, 0.4) is 0 Å². The Morgan fingerprint density at radius 1 is 1.31 bits per heavy atom. The summed E-state index contributed by atoms with van der Waals surface area (Å²) in [4.78, 5) is 11.5. The highest BCUT2D eigenvalue weighted by Gasteiger charge is 2.08. The van der Waals surface area contributed by atoms with Crippen molar-refractivity contribution in [1.82, 2.24) is 0 Å². The molecule has 0 amide bonds. The molecule has 0 aliphatic carbocycles. The fraction of sp³-hybridized carbons (Fsp3) is 0.333. The molecular weight excluding hydrogens is 204 g/mol. The molecule has 0 saturated heterocycles. The van der Waals surface area contributed by atoms with E-state index in [9.17, 15) is 4.79 Å². The molecule has 0 spiro atoms. The van der Waals surface area contributed by atoms with E-state index in [1.54, 1.807) is 24.3 Å². The molecule has 86 valence electrons. The van der Waals surface area contributed by atoms with E-state index in [4.69, 9.17) is 15.9 Å². The first-order chi connectivity index (χ1) is 7.50. The lowest BCUT2D eigenvalue weighted by Crippen LogP contribution is -2.12. The van der Waals surface area contributed by atoms with E-state index in [1.807, 2.05) is 13.8 Å². The lowest BCUT2D eigenvalue weighted by atomic mass is 10.1. The molecule has 0 aromatic heterocycles. The maximum absolute atomic E-state index is 11.5. The predicted molar refractivity (Wildman–Crippen MR) is 62.6 cm³/mol. The molecule has 0 radical (unpaired) electrons. The number of carbonyl (C=O) groups is 1. The second kappa shape index (κ2) is 5.30. The molecule has 1 rings (SSSR count). The minimum Gasteiger partial charge on any atom is -0.462 e. The van der Waals surface area contributed by atoms with Crippen molar-refractivity contribution in [3.63, 3.8) is 0 Å². The Kier molecular flexibility index (Phi) is 4.05. The van der Waals surface area contributed by atoms with Crippen LogP contribution in [0, 0.1) is 11.3 Å². The number of nitrogen functional groups attached to an aromatic ring is 1. The predicted octanol–water partition coefficient (Wildman–Crippen LogP) is 1.78. The van der Waals surface area contributed by atoms with Gasteiger partial charge in [0.2, 0.25) is 0 Å². The van der Waals surface area contributed by atoms with Gasteiger partial charge in [-0.3, -0.25) is 5.41 Å². The van der Waals surface area contributed by atoms with E-state index in [1.165, 1.54) is 0 Å². The van der Waals surface area contributed by atoms with Gasteiger partial charge in [0.15, 0.2) is 0 Å². The summed E-state index contributed by atoms with van der Waals surface area (Å²) in [5.74, 6) is -0.0358. The Morgan fingerprint density at radius 2 is 1.81 bits per heavy atom. The molecule has 0 unspecified atom stereocenters. The summed E-state index contributed by atoms with van der Waals surface area (Å²) < 4.78 is 5.07. The summed E-state index contributed by atoms with van der Waals surface area (Å²) in [6.45, 7) is 4.37. The zero-order chi connectivity index (χ0) is 12.1. The third-order valence-corrected chi connectivity index (χ3v) is 1.98. The lowest BCUT2D eigenvalue weighted by molar-refractivity contribution is 0.0459. The molecule has 4 nitrogen and oxygen atoms in total. The van der Waals surface area contributed by atoms with Crippen LogP contribution in [0.4, 0.5) is 0 Å². The van der Waals surface area contributed by atoms with E-state index in [0.29, 0.717) is 23.7 Å². The quantitative estimate of drug-likeness (QED) is 0.461. The summed E-state index contributed by atoms with van der Waals surface area (Å²) in [6, 6.07) is 6.49. The van der Waals surface area contributed by atoms with Gasteiger partial charge in [0.25, 0.3) is 0 Å². The molecule has 16 heavy (non-hydrogen) atoms. The van der Waals surface area contributed by atoms with Crippen molar-refractivity contribution in [2.75, 3.05) is 6.61 Å². The zero-order valence-electron chi connectivity index (χ0n) is 9.49. The maximum Gasteiger partial charge on any atom is 0.338 e. The third kappa shape index (κ3) is 3.38. The molecule has 4 heteroatoms. The fourth-order valence-electron chi connectivity index (χ4n) is 1.11. The number of hydrogen-bond acceptors (Lipinski definition) is 3. The van der Waals surface area contributed by atoms with Gasteiger partial charge < -0.3 is 10.5 Å². The minimum absolute atomic E-state index is 0.0119. The average molecular weight is 220 g/mol. The van der Waals surface area contributed by atoms with Crippen LogP contribution in [-0.4, -0.2) is 18.4 Å². The summed E-state index contributed by atoms with van der Waals surface area (Å²) in [5, 5.41) is 7.21. The first-order valence-corrected chi connectivity index (χ1v) is 5.12. The monoisotopic (exact) mass is 220 g/mol. The highest BCUT2D eigenvalue weighted by Crippen LogP contribution is 2.06. The number of esters is 1. The Balaban J connectivity index is 2.67. The molecule has 0 bridgehead atoms. The topological polar surface area (TPSA) is 76.2 Å². The van der Waals surface area contributed by atoms with Gasteiger partial charge in [-0.25, -0.2) is 4.79 Å². The van der Waals surface area contributed by atoms with Crippen LogP contribution < -0.4 is 5.73 Å². The fourth-order valence-corrected chi connectivity index (χ4v) is 1.11. The second-order valence-corrected chi connectivity index (χ2v) is 3.98. The van der Waals surface area contributed by atoms with E-state index < -0.39 is 0 Å². The van der Waals surface area contributed by atoms with Crippen molar-refractivity contribution < 1.29 is 9.53 Å². The zero-order valence-corrected chi connectivity index (χ0v) is 9.49. The molecular formula is C12H16N2O2. The van der Waals surface area contributed by atoms with E-state index >= 15 is 0 Å². The SMILES string of the molecule is CC(C)COC(=O)c1ccc(C(=N)N)cc1. The van der Waals surface area contributed by atoms with Crippen molar-refractivity contribution in [1.29, 1.82) is 5.41 Å². The highest BCUT2D eigenvalue weighted by molar-refractivity contribution is 5.96. The number of amidine groups is 1. The van der Waals surface area contributed by atoms with Gasteiger partial charge in [0.05, 0.1) is 12.2 Å². The van der Waals surface area contributed by atoms with E-state index in [2.05, 4.69) is 0 Å².